The maximum absolute atomic E-state index is 13.5. The highest BCUT2D eigenvalue weighted by Crippen LogP contribution is 2.23. The SMILES string of the molecule is CC[C@H](C)[C@H](NC(C)(C)C)C(=O)N1CCC[C@H]1C(=O)N[C@@H](CCC(N)=O)C(=O)N[C@@H](CS)C(=O)O. The van der Waals surface area contributed by atoms with E-state index in [0.717, 1.165) is 6.42 Å². The van der Waals surface area contributed by atoms with Gasteiger partial charge in [0.25, 0.3) is 0 Å². The first-order chi connectivity index (χ1) is 16.2. The molecule has 0 aromatic heterocycles. The maximum atomic E-state index is 13.5. The highest BCUT2D eigenvalue weighted by Gasteiger charge is 2.40. The van der Waals surface area contributed by atoms with E-state index < -0.39 is 47.9 Å². The fraction of sp³-hybridized carbons (Fsp3) is 0.783. The average Bonchev–Trinajstić information content (AvgIpc) is 3.26. The topological polar surface area (TPSA) is 171 Å². The number of rotatable bonds is 13. The third-order valence-electron chi connectivity index (χ3n) is 6.02. The van der Waals surface area contributed by atoms with Gasteiger partial charge in [-0.05, 0) is 46.0 Å². The van der Waals surface area contributed by atoms with Crippen molar-refractivity contribution in [2.24, 2.45) is 11.7 Å². The molecule has 1 aliphatic heterocycles. The van der Waals surface area contributed by atoms with Gasteiger partial charge < -0.3 is 31.7 Å². The van der Waals surface area contributed by atoms with Crippen LogP contribution in [0.1, 0.15) is 66.7 Å². The van der Waals surface area contributed by atoms with Crippen LogP contribution in [-0.4, -0.2) is 81.6 Å². The number of aliphatic carboxylic acids is 1. The summed E-state index contributed by atoms with van der Waals surface area (Å²) in [6.45, 7) is 10.3. The number of nitrogens with two attached hydrogens (primary N) is 1. The Bertz CT molecular complexity index is 787. The van der Waals surface area contributed by atoms with Crippen LogP contribution in [0.15, 0.2) is 0 Å². The number of carbonyl (C=O) groups excluding carboxylic acids is 4. The zero-order valence-electron chi connectivity index (χ0n) is 21.3. The normalized spacial score (nSPS) is 19.4. The molecule has 0 saturated carbocycles. The minimum Gasteiger partial charge on any atom is -0.480 e. The van der Waals surface area contributed by atoms with Crippen molar-refractivity contribution in [1.82, 2.24) is 20.9 Å². The first-order valence-electron chi connectivity index (χ1n) is 12.0. The quantitative estimate of drug-likeness (QED) is 0.188. The first kappa shape index (κ1) is 30.7. The first-order valence-corrected chi connectivity index (χ1v) is 12.7. The number of hydrogen-bond donors (Lipinski definition) is 6. The molecule has 6 N–H and O–H groups in total. The van der Waals surface area contributed by atoms with Gasteiger partial charge >= 0.3 is 5.97 Å². The van der Waals surface area contributed by atoms with E-state index >= 15 is 0 Å². The Morgan fingerprint density at radius 3 is 2.26 bits per heavy atom. The van der Waals surface area contributed by atoms with Gasteiger partial charge in [-0.1, -0.05) is 20.3 Å². The molecule has 0 radical (unpaired) electrons. The van der Waals surface area contributed by atoms with Crippen LogP contribution in [0.4, 0.5) is 0 Å². The predicted molar refractivity (Wildman–Crippen MR) is 135 cm³/mol. The molecule has 4 amide bonds. The Labute approximate surface area is 212 Å². The number of nitrogens with zero attached hydrogens (tertiary/aromatic N) is 1. The van der Waals surface area contributed by atoms with E-state index in [1.165, 1.54) is 0 Å². The molecule has 0 aromatic rings. The van der Waals surface area contributed by atoms with Gasteiger partial charge in [0.15, 0.2) is 0 Å². The van der Waals surface area contributed by atoms with Crippen LogP contribution in [0.3, 0.4) is 0 Å². The van der Waals surface area contributed by atoms with Crippen LogP contribution < -0.4 is 21.7 Å². The second kappa shape index (κ2) is 13.7. The Hall–Kier alpha value is -2.34. The number of amides is 4. The summed E-state index contributed by atoms with van der Waals surface area (Å²) in [6.07, 6.45) is 1.54. The number of carboxylic acids is 1. The molecule has 5 atom stereocenters. The number of thiol groups is 1. The molecule has 1 saturated heterocycles. The Morgan fingerprint density at radius 1 is 1.14 bits per heavy atom. The van der Waals surface area contributed by atoms with Crippen molar-refractivity contribution in [2.75, 3.05) is 12.3 Å². The van der Waals surface area contributed by atoms with Gasteiger partial charge in [-0.3, -0.25) is 19.2 Å². The number of carboxylic acid groups (broad SMARTS) is 1. The highest BCUT2D eigenvalue weighted by atomic mass is 32.1. The number of primary amides is 1. The summed E-state index contributed by atoms with van der Waals surface area (Å²) in [4.78, 5) is 63.5. The summed E-state index contributed by atoms with van der Waals surface area (Å²) in [5.41, 5.74) is 4.89. The van der Waals surface area contributed by atoms with E-state index in [2.05, 4.69) is 28.6 Å². The van der Waals surface area contributed by atoms with E-state index in [1.807, 2.05) is 34.6 Å². The summed E-state index contributed by atoms with van der Waals surface area (Å²) < 4.78 is 0. The number of nitrogens with one attached hydrogen (secondary N) is 3. The lowest BCUT2D eigenvalue weighted by Crippen LogP contribution is -2.59. The van der Waals surface area contributed by atoms with E-state index in [4.69, 9.17) is 5.73 Å². The summed E-state index contributed by atoms with van der Waals surface area (Å²) in [5, 5.41) is 17.5. The Balaban J connectivity index is 3.06. The average molecular weight is 516 g/mol. The zero-order chi connectivity index (χ0) is 26.9. The molecule has 1 fully saturated rings. The van der Waals surface area contributed by atoms with Gasteiger partial charge in [-0.25, -0.2) is 4.79 Å². The van der Waals surface area contributed by atoms with Gasteiger partial charge in [0.2, 0.25) is 23.6 Å². The zero-order valence-corrected chi connectivity index (χ0v) is 22.2. The summed E-state index contributed by atoms with van der Waals surface area (Å²) >= 11 is 3.92. The van der Waals surface area contributed by atoms with Crippen molar-refractivity contribution in [3.8, 4) is 0 Å². The van der Waals surface area contributed by atoms with E-state index in [1.54, 1.807) is 4.90 Å². The molecule has 12 heteroatoms. The standard InChI is InChI=1S/C23H41N5O6S/c1-6-13(2)18(27-23(3,4)5)21(32)28-11-7-8-16(28)20(31)25-14(9-10-17(24)29)19(30)26-15(12-35)22(33)34/h13-16,18,27,35H,6-12H2,1-5H3,(H2,24,29)(H,25,31)(H,26,30)(H,33,34)/t13-,14-,15-,16-,18-/m0/s1. The highest BCUT2D eigenvalue weighted by molar-refractivity contribution is 7.80. The largest absolute Gasteiger partial charge is 0.480 e. The maximum Gasteiger partial charge on any atom is 0.327 e. The van der Waals surface area contributed by atoms with Crippen LogP contribution in [-0.2, 0) is 24.0 Å². The molecule has 1 aliphatic rings. The Kier molecular flexibility index (Phi) is 12.0. The number of hydrogen-bond acceptors (Lipinski definition) is 7. The molecule has 0 aromatic carbocycles. The van der Waals surface area contributed by atoms with Crippen LogP contribution in [0.2, 0.25) is 0 Å². The van der Waals surface area contributed by atoms with Crippen LogP contribution in [0, 0.1) is 5.92 Å². The molecule has 0 spiro atoms. The van der Waals surface area contributed by atoms with Crippen molar-refractivity contribution < 1.29 is 29.1 Å². The molecular weight excluding hydrogens is 474 g/mol. The van der Waals surface area contributed by atoms with Gasteiger partial charge in [0.1, 0.15) is 18.1 Å². The fourth-order valence-electron chi connectivity index (χ4n) is 3.91. The second-order valence-electron chi connectivity index (χ2n) is 10.1. The fourth-order valence-corrected chi connectivity index (χ4v) is 4.16. The lowest BCUT2D eigenvalue weighted by Gasteiger charge is -2.35. The van der Waals surface area contributed by atoms with E-state index in [9.17, 15) is 29.1 Å². The van der Waals surface area contributed by atoms with Gasteiger partial charge in [0.05, 0.1) is 6.04 Å². The summed E-state index contributed by atoms with van der Waals surface area (Å²) in [5.74, 6) is -3.52. The van der Waals surface area contributed by atoms with Crippen LogP contribution in [0.5, 0.6) is 0 Å². The van der Waals surface area contributed by atoms with Crippen molar-refractivity contribution in [2.45, 2.75) is 96.4 Å². The smallest absolute Gasteiger partial charge is 0.327 e. The van der Waals surface area contributed by atoms with Gasteiger partial charge in [0, 0.05) is 24.3 Å². The molecule has 0 aliphatic carbocycles. The van der Waals surface area contributed by atoms with Crippen molar-refractivity contribution >= 4 is 42.2 Å². The van der Waals surface area contributed by atoms with Crippen LogP contribution in [0.25, 0.3) is 0 Å². The van der Waals surface area contributed by atoms with Gasteiger partial charge in [-0.2, -0.15) is 12.6 Å². The molecule has 200 valence electrons. The molecule has 1 rings (SSSR count). The molecule has 1 heterocycles. The van der Waals surface area contributed by atoms with E-state index in [0.29, 0.717) is 19.4 Å². The lowest BCUT2D eigenvalue weighted by atomic mass is 9.94. The molecule has 11 nitrogen and oxygen atoms in total. The Morgan fingerprint density at radius 2 is 1.77 bits per heavy atom. The molecular formula is C23H41N5O6S. The molecule has 35 heavy (non-hydrogen) atoms. The number of likely N-dealkylation sites (tertiary alicyclic amines) is 1. The number of carbonyl (C=O) groups is 5. The molecule has 0 unspecified atom stereocenters. The third kappa shape index (κ3) is 9.67. The van der Waals surface area contributed by atoms with Crippen molar-refractivity contribution in [3.63, 3.8) is 0 Å². The van der Waals surface area contributed by atoms with Gasteiger partial charge in [-0.15, -0.1) is 0 Å². The van der Waals surface area contributed by atoms with E-state index in [-0.39, 0.29) is 36.0 Å². The lowest BCUT2D eigenvalue weighted by molar-refractivity contribution is -0.143. The predicted octanol–water partition coefficient (Wildman–Crippen LogP) is 0.0297. The minimum absolute atomic E-state index is 0.0364. The summed E-state index contributed by atoms with van der Waals surface area (Å²) in [7, 11) is 0. The van der Waals surface area contributed by atoms with Crippen molar-refractivity contribution in [3.05, 3.63) is 0 Å². The summed E-state index contributed by atoms with van der Waals surface area (Å²) in [6, 6.07) is -3.70. The van der Waals surface area contributed by atoms with Crippen molar-refractivity contribution in [1.29, 1.82) is 0 Å². The molecule has 0 bridgehead atoms. The second-order valence-corrected chi connectivity index (χ2v) is 10.5. The third-order valence-corrected chi connectivity index (χ3v) is 6.38. The minimum atomic E-state index is -1.27. The monoisotopic (exact) mass is 515 g/mol. The van der Waals surface area contributed by atoms with Crippen LogP contribution >= 0.6 is 12.6 Å².